The maximum absolute atomic E-state index is 12.7. The number of furan rings is 1. The molecule has 1 aromatic heterocycles. The Bertz CT molecular complexity index is 836. The van der Waals surface area contributed by atoms with Gasteiger partial charge in [-0.05, 0) is 29.8 Å². The van der Waals surface area contributed by atoms with Crippen LogP contribution in [-0.2, 0) is 11.3 Å². The summed E-state index contributed by atoms with van der Waals surface area (Å²) in [5.41, 5.74) is 1.07. The van der Waals surface area contributed by atoms with Crippen molar-refractivity contribution in [2.24, 2.45) is 0 Å². The number of likely N-dealkylation sites (N-methyl/N-ethyl adjacent to an activating group) is 1. The van der Waals surface area contributed by atoms with Crippen molar-refractivity contribution in [1.29, 1.82) is 0 Å². The average molecular weight is 371 g/mol. The van der Waals surface area contributed by atoms with Crippen LogP contribution in [0.5, 0.6) is 11.5 Å². The Morgan fingerprint density at radius 1 is 1.19 bits per heavy atom. The molecule has 0 aliphatic carbocycles. The Morgan fingerprint density at radius 3 is 2.81 bits per heavy atom. The normalized spacial score (nSPS) is 19.1. The van der Waals surface area contributed by atoms with Gasteiger partial charge >= 0.3 is 0 Å². The SMILES string of the molecule is CNC(=O)C1CN(Cc2ccc3c(c2)OCO3)CCN1C(=O)c1ccco1. The molecule has 4 rings (SSSR count). The number of hydrogen-bond donors (Lipinski definition) is 1. The number of piperazine rings is 1. The molecule has 1 fully saturated rings. The van der Waals surface area contributed by atoms with Gasteiger partial charge in [-0.2, -0.15) is 0 Å². The molecular formula is C19H21N3O5. The van der Waals surface area contributed by atoms with Gasteiger partial charge in [-0.25, -0.2) is 0 Å². The van der Waals surface area contributed by atoms with Crippen LogP contribution in [0.2, 0.25) is 0 Å². The van der Waals surface area contributed by atoms with E-state index in [-0.39, 0.29) is 24.4 Å². The molecule has 0 bridgehead atoms. The Kier molecular flexibility index (Phi) is 4.72. The van der Waals surface area contributed by atoms with Gasteiger partial charge in [0.25, 0.3) is 5.91 Å². The maximum atomic E-state index is 12.7. The highest BCUT2D eigenvalue weighted by atomic mass is 16.7. The third-order valence-electron chi connectivity index (χ3n) is 4.85. The van der Waals surface area contributed by atoms with Crippen molar-refractivity contribution in [3.05, 3.63) is 47.9 Å². The second-order valence-electron chi connectivity index (χ2n) is 6.53. The molecule has 8 nitrogen and oxygen atoms in total. The largest absolute Gasteiger partial charge is 0.459 e. The molecule has 1 N–H and O–H groups in total. The third-order valence-corrected chi connectivity index (χ3v) is 4.85. The van der Waals surface area contributed by atoms with Gasteiger partial charge in [-0.1, -0.05) is 6.07 Å². The minimum Gasteiger partial charge on any atom is -0.459 e. The fourth-order valence-electron chi connectivity index (χ4n) is 3.46. The van der Waals surface area contributed by atoms with Gasteiger partial charge in [0.05, 0.1) is 6.26 Å². The van der Waals surface area contributed by atoms with Crippen LogP contribution in [0.15, 0.2) is 41.0 Å². The van der Waals surface area contributed by atoms with Gasteiger partial charge in [0.1, 0.15) is 6.04 Å². The van der Waals surface area contributed by atoms with Crippen LogP contribution in [0.3, 0.4) is 0 Å². The summed E-state index contributed by atoms with van der Waals surface area (Å²) >= 11 is 0. The van der Waals surface area contributed by atoms with Gasteiger partial charge in [0.2, 0.25) is 12.7 Å². The van der Waals surface area contributed by atoms with Crippen LogP contribution in [0.4, 0.5) is 0 Å². The van der Waals surface area contributed by atoms with E-state index >= 15 is 0 Å². The van der Waals surface area contributed by atoms with E-state index in [4.69, 9.17) is 13.9 Å². The second-order valence-corrected chi connectivity index (χ2v) is 6.53. The molecule has 8 heteroatoms. The zero-order chi connectivity index (χ0) is 18.8. The molecular weight excluding hydrogens is 350 g/mol. The van der Waals surface area contributed by atoms with E-state index in [1.165, 1.54) is 6.26 Å². The van der Waals surface area contributed by atoms with E-state index in [2.05, 4.69) is 10.2 Å². The zero-order valence-corrected chi connectivity index (χ0v) is 15.0. The van der Waals surface area contributed by atoms with Gasteiger partial charge < -0.3 is 24.1 Å². The summed E-state index contributed by atoms with van der Waals surface area (Å²) in [5, 5.41) is 2.66. The van der Waals surface area contributed by atoms with E-state index in [0.717, 1.165) is 17.1 Å². The first-order valence-corrected chi connectivity index (χ1v) is 8.82. The molecule has 1 atom stereocenters. The lowest BCUT2D eigenvalue weighted by Crippen LogP contribution is -2.60. The minimum atomic E-state index is -0.574. The van der Waals surface area contributed by atoms with Crippen LogP contribution in [0.1, 0.15) is 16.1 Å². The predicted octanol–water partition coefficient (Wildman–Crippen LogP) is 1.08. The lowest BCUT2D eigenvalue weighted by atomic mass is 10.1. The first-order chi connectivity index (χ1) is 13.2. The summed E-state index contributed by atoms with van der Waals surface area (Å²) in [7, 11) is 1.58. The smallest absolute Gasteiger partial charge is 0.290 e. The molecule has 0 radical (unpaired) electrons. The third kappa shape index (κ3) is 3.48. The summed E-state index contributed by atoms with van der Waals surface area (Å²) in [5.74, 6) is 1.27. The molecule has 0 saturated carbocycles. The quantitative estimate of drug-likeness (QED) is 0.866. The summed E-state index contributed by atoms with van der Waals surface area (Å²) in [6.45, 7) is 2.45. The highest BCUT2D eigenvalue weighted by molar-refractivity contribution is 5.95. The van der Waals surface area contributed by atoms with E-state index in [1.54, 1.807) is 24.1 Å². The molecule has 27 heavy (non-hydrogen) atoms. The van der Waals surface area contributed by atoms with E-state index in [9.17, 15) is 9.59 Å². The Morgan fingerprint density at radius 2 is 2.04 bits per heavy atom. The van der Waals surface area contributed by atoms with Crippen LogP contribution < -0.4 is 14.8 Å². The second kappa shape index (κ2) is 7.32. The lowest BCUT2D eigenvalue weighted by Gasteiger charge is -2.40. The van der Waals surface area contributed by atoms with Gasteiger partial charge in [0, 0.05) is 33.2 Å². The number of carbonyl (C=O) groups excluding carboxylic acids is 2. The van der Waals surface area contributed by atoms with Crippen molar-refractivity contribution < 1.29 is 23.5 Å². The average Bonchev–Trinajstić information content (AvgIpc) is 3.38. The fraction of sp³-hybridized carbons (Fsp3) is 0.368. The number of hydrogen-bond acceptors (Lipinski definition) is 6. The Labute approximate surface area is 156 Å². The molecule has 2 aliphatic rings. The number of nitrogens with one attached hydrogen (secondary N) is 1. The minimum absolute atomic E-state index is 0.190. The fourth-order valence-corrected chi connectivity index (χ4v) is 3.46. The summed E-state index contributed by atoms with van der Waals surface area (Å²) in [6.07, 6.45) is 1.46. The molecule has 142 valence electrons. The van der Waals surface area contributed by atoms with Crippen molar-refractivity contribution in [2.45, 2.75) is 12.6 Å². The monoisotopic (exact) mass is 371 g/mol. The first-order valence-electron chi connectivity index (χ1n) is 8.82. The van der Waals surface area contributed by atoms with Gasteiger partial charge in [0.15, 0.2) is 17.3 Å². The van der Waals surface area contributed by atoms with Crippen molar-refractivity contribution in [1.82, 2.24) is 15.1 Å². The topological polar surface area (TPSA) is 84.3 Å². The van der Waals surface area contributed by atoms with Crippen molar-refractivity contribution in [3.8, 4) is 11.5 Å². The van der Waals surface area contributed by atoms with Crippen LogP contribution in [-0.4, -0.2) is 61.1 Å². The number of nitrogens with zero attached hydrogens (tertiary/aromatic N) is 2. The van der Waals surface area contributed by atoms with E-state index < -0.39 is 6.04 Å². The summed E-state index contributed by atoms with van der Waals surface area (Å²) < 4.78 is 16.0. The van der Waals surface area contributed by atoms with E-state index in [0.29, 0.717) is 26.2 Å². The number of benzene rings is 1. The van der Waals surface area contributed by atoms with E-state index in [1.807, 2.05) is 18.2 Å². The summed E-state index contributed by atoms with van der Waals surface area (Å²) in [6, 6.07) is 8.54. The standard InChI is InChI=1S/C19H21N3O5/c1-20-18(23)14-11-21(6-7-22(14)19(24)16-3-2-8-25-16)10-13-4-5-15-17(9-13)27-12-26-15/h2-5,8-9,14H,6-7,10-12H2,1H3,(H,20,23). The lowest BCUT2D eigenvalue weighted by molar-refractivity contribution is -0.127. The van der Waals surface area contributed by atoms with Crippen LogP contribution in [0.25, 0.3) is 0 Å². The van der Waals surface area contributed by atoms with Crippen LogP contribution >= 0.6 is 0 Å². The van der Waals surface area contributed by atoms with Gasteiger partial charge in [-0.15, -0.1) is 0 Å². The van der Waals surface area contributed by atoms with Crippen LogP contribution in [0, 0.1) is 0 Å². The van der Waals surface area contributed by atoms with Crippen molar-refractivity contribution in [3.63, 3.8) is 0 Å². The molecule has 2 amide bonds. The molecule has 2 aliphatic heterocycles. The molecule has 1 aromatic carbocycles. The number of rotatable bonds is 4. The number of amides is 2. The molecule has 1 unspecified atom stereocenters. The number of fused-ring (bicyclic) bond motifs is 1. The molecule has 3 heterocycles. The Hall–Kier alpha value is -3.00. The number of ether oxygens (including phenoxy) is 2. The summed E-state index contributed by atoms with van der Waals surface area (Å²) in [4.78, 5) is 28.8. The first kappa shape index (κ1) is 17.4. The molecule has 2 aromatic rings. The highest BCUT2D eigenvalue weighted by Crippen LogP contribution is 2.33. The number of carbonyl (C=O) groups is 2. The molecule has 1 saturated heterocycles. The maximum Gasteiger partial charge on any atom is 0.290 e. The van der Waals surface area contributed by atoms with Crippen molar-refractivity contribution >= 4 is 11.8 Å². The Balaban J connectivity index is 1.48. The highest BCUT2D eigenvalue weighted by Gasteiger charge is 2.36. The predicted molar refractivity (Wildman–Crippen MR) is 95.4 cm³/mol. The molecule has 0 spiro atoms. The van der Waals surface area contributed by atoms with Crippen molar-refractivity contribution in [2.75, 3.05) is 33.5 Å². The zero-order valence-electron chi connectivity index (χ0n) is 15.0. The van der Waals surface area contributed by atoms with Gasteiger partial charge in [-0.3, -0.25) is 14.5 Å².